The monoisotopic (exact) mass is 363 g/mol. The van der Waals surface area contributed by atoms with Gasteiger partial charge in [-0.1, -0.05) is 17.7 Å². The van der Waals surface area contributed by atoms with Crippen LogP contribution in [-0.2, 0) is 9.59 Å². The number of likely N-dealkylation sites (tertiary alicyclic amines) is 1. The van der Waals surface area contributed by atoms with Crippen molar-refractivity contribution in [2.24, 2.45) is 5.92 Å². The molecule has 2 heterocycles. The third kappa shape index (κ3) is 3.92. The molecule has 2 saturated heterocycles. The molecule has 2 amide bonds. The van der Waals surface area contributed by atoms with Crippen LogP contribution in [0.1, 0.15) is 27.2 Å². The Morgan fingerprint density at radius 1 is 1.16 bits per heavy atom. The molecular formula is C19H26ClN3O2. The zero-order chi connectivity index (χ0) is 18.2. The predicted octanol–water partition coefficient (Wildman–Crippen LogP) is 2.64. The number of hydrogen-bond acceptors (Lipinski definition) is 3. The molecule has 2 fully saturated rings. The number of halogens is 1. The quantitative estimate of drug-likeness (QED) is 0.811. The number of nitrogens with zero attached hydrogens (tertiary/aromatic N) is 3. The van der Waals surface area contributed by atoms with E-state index in [9.17, 15) is 9.59 Å². The van der Waals surface area contributed by atoms with Crippen LogP contribution in [0.2, 0.25) is 5.02 Å². The Morgan fingerprint density at radius 2 is 1.84 bits per heavy atom. The van der Waals surface area contributed by atoms with Gasteiger partial charge in [-0.15, -0.1) is 0 Å². The summed E-state index contributed by atoms with van der Waals surface area (Å²) in [5.41, 5.74) is 0.867. The van der Waals surface area contributed by atoms with Crippen LogP contribution in [0.15, 0.2) is 24.3 Å². The average molecular weight is 364 g/mol. The highest BCUT2D eigenvalue weighted by Crippen LogP contribution is 2.28. The molecule has 0 aromatic heterocycles. The number of hydrogen-bond donors (Lipinski definition) is 0. The fourth-order valence-corrected chi connectivity index (χ4v) is 3.82. The summed E-state index contributed by atoms with van der Waals surface area (Å²) in [5.74, 6) is -0.00120. The lowest BCUT2D eigenvalue weighted by Gasteiger charge is -2.37. The minimum absolute atomic E-state index is 0.0865. The van der Waals surface area contributed by atoms with Crippen molar-refractivity contribution < 1.29 is 9.59 Å². The van der Waals surface area contributed by atoms with Crippen molar-refractivity contribution >= 4 is 29.1 Å². The number of carbonyl (C=O) groups is 2. The highest BCUT2D eigenvalue weighted by atomic mass is 35.5. The van der Waals surface area contributed by atoms with Crippen molar-refractivity contribution in [3.8, 4) is 0 Å². The van der Waals surface area contributed by atoms with Crippen LogP contribution in [0.3, 0.4) is 0 Å². The third-order valence-corrected chi connectivity index (χ3v) is 5.28. The molecular weight excluding hydrogens is 338 g/mol. The maximum Gasteiger partial charge on any atom is 0.228 e. The Balaban J connectivity index is 1.58. The molecule has 0 radical (unpaired) electrons. The van der Waals surface area contributed by atoms with Crippen LogP contribution in [0.5, 0.6) is 0 Å². The van der Waals surface area contributed by atoms with E-state index in [0.717, 1.165) is 23.8 Å². The summed E-state index contributed by atoms with van der Waals surface area (Å²) in [6.07, 6.45) is 0.338. The Morgan fingerprint density at radius 3 is 2.40 bits per heavy atom. The molecule has 0 unspecified atom stereocenters. The van der Waals surface area contributed by atoms with Crippen LogP contribution < -0.4 is 4.90 Å². The van der Waals surface area contributed by atoms with E-state index in [-0.39, 0.29) is 23.3 Å². The molecule has 1 atom stereocenters. The van der Waals surface area contributed by atoms with Gasteiger partial charge in [0.2, 0.25) is 11.8 Å². The molecule has 25 heavy (non-hydrogen) atoms. The van der Waals surface area contributed by atoms with E-state index in [4.69, 9.17) is 11.6 Å². The van der Waals surface area contributed by atoms with Gasteiger partial charge in [0, 0.05) is 55.4 Å². The molecule has 1 aromatic carbocycles. The second-order valence-corrected chi connectivity index (χ2v) is 8.30. The number of rotatable bonds is 2. The zero-order valence-corrected chi connectivity index (χ0v) is 15.9. The molecule has 0 N–H and O–H groups in total. The first-order chi connectivity index (χ1) is 11.8. The lowest BCUT2D eigenvalue weighted by atomic mass is 10.1. The topological polar surface area (TPSA) is 43.9 Å². The van der Waals surface area contributed by atoms with Crippen LogP contribution in [0.4, 0.5) is 5.69 Å². The maximum absolute atomic E-state index is 12.8. The van der Waals surface area contributed by atoms with E-state index < -0.39 is 0 Å². The Labute approximate surface area is 154 Å². The van der Waals surface area contributed by atoms with Gasteiger partial charge < -0.3 is 14.7 Å². The number of anilines is 1. The van der Waals surface area contributed by atoms with Crippen molar-refractivity contribution in [2.75, 3.05) is 37.6 Å². The fourth-order valence-electron chi connectivity index (χ4n) is 3.64. The summed E-state index contributed by atoms with van der Waals surface area (Å²) < 4.78 is 0. The van der Waals surface area contributed by atoms with E-state index in [1.54, 1.807) is 0 Å². The zero-order valence-electron chi connectivity index (χ0n) is 15.2. The summed E-state index contributed by atoms with van der Waals surface area (Å²) in [7, 11) is 0. The highest BCUT2D eigenvalue weighted by Gasteiger charge is 2.41. The average Bonchev–Trinajstić information content (AvgIpc) is 2.96. The summed E-state index contributed by atoms with van der Waals surface area (Å²) in [6.45, 7) is 9.53. The molecule has 0 aliphatic carbocycles. The Kier molecular flexibility index (Phi) is 4.96. The largest absolute Gasteiger partial charge is 0.368 e. The third-order valence-electron chi connectivity index (χ3n) is 5.05. The smallest absolute Gasteiger partial charge is 0.228 e. The van der Waals surface area contributed by atoms with Gasteiger partial charge in [0.05, 0.1) is 5.92 Å². The minimum atomic E-state index is -0.225. The maximum atomic E-state index is 12.8. The van der Waals surface area contributed by atoms with E-state index >= 15 is 0 Å². The van der Waals surface area contributed by atoms with Gasteiger partial charge in [-0.3, -0.25) is 9.59 Å². The van der Waals surface area contributed by atoms with Gasteiger partial charge >= 0.3 is 0 Å². The molecule has 3 rings (SSSR count). The molecule has 6 heteroatoms. The second-order valence-electron chi connectivity index (χ2n) is 7.87. The van der Waals surface area contributed by atoms with Gasteiger partial charge in [0.1, 0.15) is 0 Å². The molecule has 0 spiro atoms. The number of benzene rings is 1. The van der Waals surface area contributed by atoms with E-state index in [0.29, 0.717) is 26.1 Å². The number of piperazine rings is 1. The van der Waals surface area contributed by atoms with Crippen molar-refractivity contribution in [1.29, 1.82) is 0 Å². The van der Waals surface area contributed by atoms with Crippen LogP contribution in [0, 0.1) is 5.92 Å². The molecule has 0 bridgehead atoms. The normalized spacial score (nSPS) is 21.8. The van der Waals surface area contributed by atoms with Gasteiger partial charge in [-0.25, -0.2) is 0 Å². The van der Waals surface area contributed by atoms with E-state index in [1.165, 1.54) is 0 Å². The fraction of sp³-hybridized carbons (Fsp3) is 0.579. The second kappa shape index (κ2) is 6.87. The molecule has 2 aliphatic heterocycles. The first kappa shape index (κ1) is 18.1. The highest BCUT2D eigenvalue weighted by molar-refractivity contribution is 6.30. The SMILES string of the molecule is CC(C)(C)N1C[C@@H](C(=O)N2CCN(c3cccc(Cl)c3)CC2)CC1=O. The van der Waals surface area contributed by atoms with Gasteiger partial charge in [-0.05, 0) is 39.0 Å². The first-order valence-corrected chi connectivity index (χ1v) is 9.23. The van der Waals surface area contributed by atoms with E-state index in [2.05, 4.69) is 4.90 Å². The minimum Gasteiger partial charge on any atom is -0.368 e. The van der Waals surface area contributed by atoms with Crippen molar-refractivity contribution in [3.63, 3.8) is 0 Å². The Bertz CT molecular complexity index is 663. The summed E-state index contributed by atoms with van der Waals surface area (Å²) in [4.78, 5) is 31.0. The number of carbonyl (C=O) groups excluding carboxylic acids is 2. The van der Waals surface area contributed by atoms with Crippen molar-refractivity contribution in [2.45, 2.75) is 32.7 Å². The van der Waals surface area contributed by atoms with Crippen LogP contribution in [-0.4, -0.2) is 59.9 Å². The van der Waals surface area contributed by atoms with E-state index in [1.807, 2.05) is 54.8 Å². The number of amides is 2. The summed E-state index contributed by atoms with van der Waals surface area (Å²) in [6, 6.07) is 7.80. The van der Waals surface area contributed by atoms with Gasteiger partial charge in [0.25, 0.3) is 0 Å². The predicted molar refractivity (Wildman–Crippen MR) is 99.8 cm³/mol. The van der Waals surface area contributed by atoms with Crippen molar-refractivity contribution in [1.82, 2.24) is 9.80 Å². The molecule has 1 aromatic rings. The first-order valence-electron chi connectivity index (χ1n) is 8.85. The lowest BCUT2D eigenvalue weighted by Crippen LogP contribution is -2.51. The lowest BCUT2D eigenvalue weighted by molar-refractivity contribution is -0.136. The van der Waals surface area contributed by atoms with Gasteiger partial charge in [-0.2, -0.15) is 0 Å². The van der Waals surface area contributed by atoms with Crippen LogP contribution in [0.25, 0.3) is 0 Å². The molecule has 2 aliphatic rings. The summed E-state index contributed by atoms with van der Waals surface area (Å²) >= 11 is 6.07. The molecule has 136 valence electrons. The Hall–Kier alpha value is -1.75. The summed E-state index contributed by atoms with van der Waals surface area (Å²) in [5, 5.41) is 0.725. The standard InChI is InChI=1S/C19H26ClN3O2/c1-19(2,3)23-13-14(11-17(23)24)18(25)22-9-7-21(8-10-22)16-6-4-5-15(20)12-16/h4-6,12,14H,7-11,13H2,1-3H3/t14-/m0/s1. The molecule has 5 nitrogen and oxygen atoms in total. The van der Waals surface area contributed by atoms with Crippen molar-refractivity contribution in [3.05, 3.63) is 29.3 Å². The van der Waals surface area contributed by atoms with Gasteiger partial charge in [0.15, 0.2) is 0 Å². The van der Waals surface area contributed by atoms with Crippen LogP contribution >= 0.6 is 11.6 Å². The molecule has 0 saturated carbocycles.